The van der Waals surface area contributed by atoms with Gasteiger partial charge in [-0.05, 0) is 19.1 Å². The Labute approximate surface area is 115 Å². The van der Waals surface area contributed by atoms with E-state index in [1.807, 2.05) is 5.32 Å². The van der Waals surface area contributed by atoms with Crippen molar-refractivity contribution in [1.82, 2.24) is 15.5 Å². The fourth-order valence-corrected chi connectivity index (χ4v) is 1.37. The molecule has 1 unspecified atom stereocenters. The van der Waals surface area contributed by atoms with Crippen LogP contribution in [-0.4, -0.2) is 33.0 Å². The Hall–Kier alpha value is -2.36. The highest BCUT2D eigenvalue weighted by atomic mass is 19.4. The molecular weight excluding hydrogens is 295 g/mol. The summed E-state index contributed by atoms with van der Waals surface area (Å²) in [5.41, 5.74) is -3.12. The van der Waals surface area contributed by atoms with Crippen molar-refractivity contribution in [2.75, 3.05) is 0 Å². The summed E-state index contributed by atoms with van der Waals surface area (Å²) < 4.78 is 48.3. The van der Waals surface area contributed by atoms with E-state index in [1.165, 1.54) is 12.3 Å². The van der Waals surface area contributed by atoms with Crippen LogP contribution < -0.4 is 5.32 Å². The van der Waals surface area contributed by atoms with Gasteiger partial charge in [-0.3, -0.25) is 5.32 Å². The van der Waals surface area contributed by atoms with E-state index >= 15 is 0 Å². The Kier molecular flexibility index (Phi) is 3.73. The first-order valence-corrected chi connectivity index (χ1v) is 5.65. The van der Waals surface area contributed by atoms with Crippen LogP contribution in [0.15, 0.2) is 27.2 Å². The van der Waals surface area contributed by atoms with E-state index in [1.54, 1.807) is 6.07 Å². The number of hydrogen-bond donors (Lipinski definition) is 2. The van der Waals surface area contributed by atoms with E-state index in [-0.39, 0.29) is 17.5 Å². The number of aromatic nitrogens is 2. The highest BCUT2D eigenvalue weighted by Gasteiger charge is 2.57. The number of rotatable bonds is 5. The zero-order valence-electron chi connectivity index (χ0n) is 10.6. The molecule has 114 valence electrons. The van der Waals surface area contributed by atoms with Gasteiger partial charge in [-0.1, -0.05) is 0 Å². The lowest BCUT2D eigenvalue weighted by Gasteiger charge is -2.27. The molecule has 0 radical (unpaired) electrons. The Bertz CT molecular complexity index is 623. The van der Waals surface area contributed by atoms with Gasteiger partial charge in [-0.2, -0.15) is 13.2 Å². The first-order valence-electron chi connectivity index (χ1n) is 5.65. The van der Waals surface area contributed by atoms with Crippen molar-refractivity contribution in [3.8, 4) is 11.7 Å². The fraction of sp³-hybridized carbons (Fsp3) is 0.364. The van der Waals surface area contributed by atoms with Crippen LogP contribution in [0.5, 0.6) is 0 Å². The van der Waals surface area contributed by atoms with Crippen molar-refractivity contribution in [2.45, 2.75) is 25.2 Å². The maximum atomic E-state index is 12.8. The van der Waals surface area contributed by atoms with Gasteiger partial charge in [0.15, 0.2) is 5.76 Å². The smallest absolute Gasteiger partial charge is 0.417 e. The van der Waals surface area contributed by atoms with Crippen molar-refractivity contribution in [2.24, 2.45) is 0 Å². The molecule has 10 heteroatoms. The molecule has 0 aliphatic carbocycles. The van der Waals surface area contributed by atoms with E-state index in [2.05, 4.69) is 10.2 Å². The minimum Gasteiger partial charge on any atom is -0.480 e. The van der Waals surface area contributed by atoms with Gasteiger partial charge in [0.1, 0.15) is 0 Å². The number of carboxylic acid groups (broad SMARTS) is 1. The van der Waals surface area contributed by atoms with Crippen LogP contribution in [0.25, 0.3) is 11.7 Å². The average Bonchev–Trinajstić information content (AvgIpc) is 3.04. The summed E-state index contributed by atoms with van der Waals surface area (Å²) in [7, 11) is 0. The Morgan fingerprint density at radius 1 is 1.43 bits per heavy atom. The van der Waals surface area contributed by atoms with Gasteiger partial charge in [0, 0.05) is 0 Å². The van der Waals surface area contributed by atoms with Gasteiger partial charge in [0.25, 0.3) is 5.89 Å². The largest absolute Gasteiger partial charge is 0.480 e. The number of aliphatic carboxylic acids is 1. The molecule has 2 aromatic rings. The summed E-state index contributed by atoms with van der Waals surface area (Å²) in [5.74, 6) is -2.01. The van der Waals surface area contributed by atoms with Crippen LogP contribution in [0.4, 0.5) is 13.2 Å². The molecule has 21 heavy (non-hydrogen) atoms. The van der Waals surface area contributed by atoms with Gasteiger partial charge in [-0.15, -0.1) is 10.2 Å². The number of halogens is 3. The molecule has 2 rings (SSSR count). The first kappa shape index (κ1) is 15.0. The minimum atomic E-state index is -4.98. The summed E-state index contributed by atoms with van der Waals surface area (Å²) in [6, 6.07) is 3.10. The van der Waals surface area contributed by atoms with E-state index in [9.17, 15) is 18.0 Å². The third kappa shape index (κ3) is 2.89. The van der Waals surface area contributed by atoms with Gasteiger partial charge in [0.2, 0.25) is 11.4 Å². The third-order valence-electron chi connectivity index (χ3n) is 2.79. The summed E-state index contributed by atoms with van der Waals surface area (Å²) in [5, 5.41) is 17.7. The second-order valence-electron chi connectivity index (χ2n) is 4.26. The van der Waals surface area contributed by atoms with Gasteiger partial charge in [-0.25, -0.2) is 4.79 Å². The second kappa shape index (κ2) is 5.20. The molecular formula is C11H10F3N3O4. The topological polar surface area (TPSA) is 101 Å². The second-order valence-corrected chi connectivity index (χ2v) is 4.26. The minimum absolute atomic E-state index is 0.0131. The number of hydrogen-bond acceptors (Lipinski definition) is 6. The van der Waals surface area contributed by atoms with Crippen molar-refractivity contribution >= 4 is 5.97 Å². The molecule has 7 nitrogen and oxygen atoms in total. The Morgan fingerprint density at radius 3 is 2.67 bits per heavy atom. The van der Waals surface area contributed by atoms with E-state index in [4.69, 9.17) is 13.9 Å². The van der Waals surface area contributed by atoms with Crippen LogP contribution >= 0.6 is 0 Å². The fourth-order valence-electron chi connectivity index (χ4n) is 1.37. The number of carboxylic acids is 1. The quantitative estimate of drug-likeness (QED) is 0.868. The normalized spacial score (nSPS) is 14.9. The van der Waals surface area contributed by atoms with E-state index in [0.29, 0.717) is 6.92 Å². The van der Waals surface area contributed by atoms with Gasteiger partial charge in [0.05, 0.1) is 12.8 Å². The maximum Gasteiger partial charge on any atom is 0.417 e. The molecule has 0 fully saturated rings. The van der Waals surface area contributed by atoms with Crippen LogP contribution in [0.3, 0.4) is 0 Å². The lowest BCUT2D eigenvalue weighted by molar-refractivity contribution is -0.206. The molecule has 0 aromatic carbocycles. The number of furan rings is 1. The summed E-state index contributed by atoms with van der Waals surface area (Å²) >= 11 is 0. The molecule has 0 amide bonds. The summed E-state index contributed by atoms with van der Waals surface area (Å²) in [4.78, 5) is 10.8. The van der Waals surface area contributed by atoms with Gasteiger partial charge >= 0.3 is 12.1 Å². The zero-order chi connectivity index (χ0) is 15.7. The SMILES string of the molecule is CC(NCc1nnc(-c2ccco2)o1)(C(=O)O)C(F)(F)F. The van der Waals surface area contributed by atoms with Crippen LogP contribution in [0.2, 0.25) is 0 Å². The molecule has 2 heterocycles. The highest BCUT2D eigenvalue weighted by molar-refractivity contribution is 5.79. The monoisotopic (exact) mass is 305 g/mol. The molecule has 0 bridgehead atoms. The molecule has 0 saturated carbocycles. The zero-order valence-corrected chi connectivity index (χ0v) is 10.6. The molecule has 0 aliphatic heterocycles. The lowest BCUT2D eigenvalue weighted by atomic mass is 10.0. The van der Waals surface area contributed by atoms with Crippen LogP contribution in [0.1, 0.15) is 12.8 Å². The number of alkyl halides is 3. The van der Waals surface area contributed by atoms with E-state index < -0.39 is 24.2 Å². The predicted molar refractivity (Wildman–Crippen MR) is 60.9 cm³/mol. The molecule has 0 aliphatic rings. The number of nitrogens with zero attached hydrogens (tertiary/aromatic N) is 2. The first-order chi connectivity index (χ1) is 9.74. The molecule has 0 spiro atoms. The van der Waals surface area contributed by atoms with Crippen molar-refractivity contribution < 1.29 is 31.9 Å². The Balaban J connectivity index is 2.11. The highest BCUT2D eigenvalue weighted by Crippen LogP contribution is 2.30. The van der Waals surface area contributed by atoms with Crippen molar-refractivity contribution in [3.05, 3.63) is 24.3 Å². The van der Waals surface area contributed by atoms with Crippen LogP contribution in [-0.2, 0) is 11.3 Å². The summed E-state index contributed by atoms with van der Waals surface area (Å²) in [6.07, 6.45) is -3.62. The summed E-state index contributed by atoms with van der Waals surface area (Å²) in [6.45, 7) is -0.0465. The molecule has 2 N–H and O–H groups in total. The molecule has 0 saturated heterocycles. The maximum absolute atomic E-state index is 12.8. The Morgan fingerprint density at radius 2 is 2.14 bits per heavy atom. The number of nitrogens with one attached hydrogen (secondary N) is 1. The van der Waals surface area contributed by atoms with Gasteiger partial charge < -0.3 is 13.9 Å². The number of carbonyl (C=O) groups is 1. The molecule has 2 aromatic heterocycles. The third-order valence-corrected chi connectivity index (χ3v) is 2.79. The van der Waals surface area contributed by atoms with E-state index in [0.717, 1.165) is 0 Å². The van der Waals surface area contributed by atoms with Crippen LogP contribution in [0, 0.1) is 0 Å². The van der Waals surface area contributed by atoms with Crippen molar-refractivity contribution in [1.29, 1.82) is 0 Å². The van der Waals surface area contributed by atoms with Crippen molar-refractivity contribution in [3.63, 3.8) is 0 Å². The standard InChI is InChI=1S/C11H10F3N3O4/c1-10(9(18)19,11(12,13)14)15-5-7-16-17-8(21-7)6-3-2-4-20-6/h2-4,15H,5H2,1H3,(H,18,19). The predicted octanol–water partition coefficient (Wildman–Crippen LogP) is 1.82. The molecule has 1 atom stereocenters. The average molecular weight is 305 g/mol. The lowest BCUT2D eigenvalue weighted by Crippen LogP contribution is -2.59.